The van der Waals surface area contributed by atoms with E-state index in [0.29, 0.717) is 24.3 Å². The zero-order valence-corrected chi connectivity index (χ0v) is 19.8. The second kappa shape index (κ2) is 10.8. The molecule has 4 atom stereocenters. The second-order valence-corrected chi connectivity index (χ2v) is 10.4. The van der Waals surface area contributed by atoms with Crippen LogP contribution in [-0.2, 0) is 24.3 Å². The third kappa shape index (κ3) is 5.76. The van der Waals surface area contributed by atoms with Gasteiger partial charge < -0.3 is 24.6 Å². The first kappa shape index (κ1) is 24.6. The van der Waals surface area contributed by atoms with E-state index in [1.54, 1.807) is 12.1 Å². The molecule has 9 nitrogen and oxygen atoms in total. The molecule has 10 heteroatoms. The summed E-state index contributed by atoms with van der Waals surface area (Å²) in [7, 11) is -2.47. The Morgan fingerprint density at radius 2 is 1.94 bits per heavy atom. The summed E-state index contributed by atoms with van der Waals surface area (Å²) in [5.74, 6) is 0.260. The zero-order chi connectivity index (χ0) is 24.1. The molecule has 2 heterocycles. The first-order chi connectivity index (χ1) is 16.4. The molecule has 34 heavy (non-hydrogen) atoms. The largest absolute Gasteiger partial charge is 0.497 e. The van der Waals surface area contributed by atoms with E-state index in [0.717, 1.165) is 0 Å². The number of rotatable bonds is 6. The van der Waals surface area contributed by atoms with Gasteiger partial charge in [-0.05, 0) is 37.1 Å². The molecule has 2 N–H and O–H groups in total. The van der Waals surface area contributed by atoms with Gasteiger partial charge in [0.1, 0.15) is 5.75 Å². The van der Waals surface area contributed by atoms with Crippen LogP contribution in [0.4, 0.5) is 5.69 Å². The summed E-state index contributed by atoms with van der Waals surface area (Å²) in [6.45, 7) is 0.0156. The van der Waals surface area contributed by atoms with Crippen molar-refractivity contribution >= 4 is 21.6 Å². The van der Waals surface area contributed by atoms with Crippen LogP contribution in [-0.4, -0.2) is 75.0 Å². The van der Waals surface area contributed by atoms with E-state index in [9.17, 15) is 18.3 Å². The quantitative estimate of drug-likeness (QED) is 0.637. The van der Waals surface area contributed by atoms with Crippen LogP contribution in [0.1, 0.15) is 19.3 Å². The highest BCUT2D eigenvalue weighted by Gasteiger charge is 2.43. The van der Waals surface area contributed by atoms with Crippen LogP contribution >= 0.6 is 0 Å². The van der Waals surface area contributed by atoms with E-state index >= 15 is 0 Å². The Labute approximate surface area is 199 Å². The van der Waals surface area contributed by atoms with Crippen LogP contribution in [0.2, 0.25) is 0 Å². The van der Waals surface area contributed by atoms with Gasteiger partial charge in [0.25, 0.3) is 0 Å². The number of anilines is 1. The number of carbonyl (C=O) groups is 1. The number of nitrogens with zero attached hydrogens (tertiary/aromatic N) is 1. The van der Waals surface area contributed by atoms with E-state index in [1.807, 2.05) is 30.3 Å². The fourth-order valence-corrected chi connectivity index (χ4v) is 6.16. The fourth-order valence-electron chi connectivity index (χ4n) is 4.41. The Morgan fingerprint density at radius 1 is 1.15 bits per heavy atom. The molecule has 0 unspecified atom stereocenters. The average molecular weight is 491 g/mol. The van der Waals surface area contributed by atoms with E-state index < -0.39 is 28.3 Å². The highest BCUT2D eigenvalue weighted by molar-refractivity contribution is 7.89. The Balaban J connectivity index is 1.50. The number of carbonyl (C=O) groups excluding carboxylic acids is 1. The number of hydrogen-bond donors (Lipinski definition) is 2. The molecular formula is C24H30N2O7S. The van der Waals surface area contributed by atoms with E-state index in [-0.39, 0.29) is 43.1 Å². The number of aliphatic hydroxyl groups is 1. The average Bonchev–Trinajstić information content (AvgIpc) is 2.82. The predicted molar refractivity (Wildman–Crippen MR) is 125 cm³/mol. The molecule has 1 amide bonds. The number of aliphatic hydroxyl groups excluding tert-OH is 1. The molecule has 2 aliphatic heterocycles. The van der Waals surface area contributed by atoms with Gasteiger partial charge in [-0.3, -0.25) is 4.79 Å². The SMILES string of the molecule is COc1cccc(S(=O)(=O)N2C[C@@H](O)COC[C@H]3O[C@@H](CC(=O)Nc4ccccc4)CC[C@@H]32)c1. The first-order valence-corrected chi connectivity index (χ1v) is 12.7. The van der Waals surface area contributed by atoms with Crippen molar-refractivity contribution in [2.75, 3.05) is 32.2 Å². The van der Waals surface area contributed by atoms with Crippen LogP contribution in [0, 0.1) is 0 Å². The molecule has 0 saturated carbocycles. The van der Waals surface area contributed by atoms with Crippen LogP contribution in [0.25, 0.3) is 0 Å². The van der Waals surface area contributed by atoms with Crippen molar-refractivity contribution in [2.24, 2.45) is 0 Å². The number of nitrogens with one attached hydrogen (secondary N) is 1. The van der Waals surface area contributed by atoms with Gasteiger partial charge in [0, 0.05) is 18.3 Å². The number of para-hydroxylation sites is 1. The third-order valence-electron chi connectivity index (χ3n) is 6.05. The Kier molecular flexibility index (Phi) is 7.84. The number of fused-ring (bicyclic) bond motifs is 1. The molecule has 0 aliphatic carbocycles. The maximum Gasteiger partial charge on any atom is 0.243 e. The predicted octanol–water partition coefficient (Wildman–Crippen LogP) is 2.02. The normalized spacial score (nSPS) is 26.1. The Hall–Kier alpha value is -2.50. The molecule has 2 saturated heterocycles. The monoisotopic (exact) mass is 490 g/mol. The van der Waals surface area contributed by atoms with Crippen molar-refractivity contribution in [2.45, 2.75) is 48.5 Å². The molecule has 2 fully saturated rings. The van der Waals surface area contributed by atoms with Crippen LogP contribution in [0.15, 0.2) is 59.5 Å². The highest BCUT2D eigenvalue weighted by Crippen LogP contribution is 2.32. The van der Waals surface area contributed by atoms with Crippen molar-refractivity contribution < 1.29 is 32.5 Å². The summed E-state index contributed by atoms with van der Waals surface area (Å²) in [5.41, 5.74) is 0.708. The van der Waals surface area contributed by atoms with Crippen molar-refractivity contribution in [3.05, 3.63) is 54.6 Å². The van der Waals surface area contributed by atoms with Crippen LogP contribution in [0.3, 0.4) is 0 Å². The maximum absolute atomic E-state index is 13.6. The topological polar surface area (TPSA) is 114 Å². The second-order valence-electron chi connectivity index (χ2n) is 8.50. The molecule has 4 rings (SSSR count). The molecular weight excluding hydrogens is 460 g/mol. The summed E-state index contributed by atoms with van der Waals surface area (Å²) in [6, 6.07) is 14.9. The number of amides is 1. The van der Waals surface area contributed by atoms with Gasteiger partial charge >= 0.3 is 0 Å². The lowest BCUT2D eigenvalue weighted by Gasteiger charge is -2.43. The molecule has 2 aromatic rings. The van der Waals surface area contributed by atoms with Gasteiger partial charge in [0.2, 0.25) is 15.9 Å². The van der Waals surface area contributed by atoms with E-state index in [4.69, 9.17) is 14.2 Å². The van der Waals surface area contributed by atoms with Gasteiger partial charge in [-0.15, -0.1) is 0 Å². The van der Waals surface area contributed by atoms with Crippen molar-refractivity contribution in [1.29, 1.82) is 0 Å². The lowest BCUT2D eigenvalue weighted by molar-refractivity contribution is -0.144. The summed E-state index contributed by atoms with van der Waals surface area (Å²) in [4.78, 5) is 12.6. The molecule has 2 aliphatic rings. The minimum Gasteiger partial charge on any atom is -0.497 e. The summed E-state index contributed by atoms with van der Waals surface area (Å²) in [5, 5.41) is 13.2. The number of benzene rings is 2. The smallest absolute Gasteiger partial charge is 0.243 e. The molecule has 0 bridgehead atoms. The fraction of sp³-hybridized carbons (Fsp3) is 0.458. The number of methoxy groups -OCH3 is 1. The summed E-state index contributed by atoms with van der Waals surface area (Å²) in [6.07, 6.45) is -0.744. The highest BCUT2D eigenvalue weighted by atomic mass is 32.2. The van der Waals surface area contributed by atoms with Gasteiger partial charge in [-0.25, -0.2) is 8.42 Å². The molecule has 184 valence electrons. The first-order valence-electron chi connectivity index (χ1n) is 11.3. The lowest BCUT2D eigenvalue weighted by atomic mass is 9.96. The van der Waals surface area contributed by atoms with Crippen molar-refractivity contribution in [1.82, 2.24) is 4.31 Å². The zero-order valence-electron chi connectivity index (χ0n) is 19.0. The lowest BCUT2D eigenvalue weighted by Crippen LogP contribution is -2.57. The molecule has 0 aromatic heterocycles. The third-order valence-corrected chi connectivity index (χ3v) is 7.94. The summed E-state index contributed by atoms with van der Waals surface area (Å²) < 4.78 is 45.4. The minimum absolute atomic E-state index is 0.00410. The van der Waals surface area contributed by atoms with Crippen molar-refractivity contribution in [3.8, 4) is 5.75 Å². The summed E-state index contributed by atoms with van der Waals surface area (Å²) >= 11 is 0. The van der Waals surface area contributed by atoms with Crippen LogP contribution < -0.4 is 10.1 Å². The number of β-amino-alcohol motifs (C(OH)–C–C–N with tert-alkyl or cyclic N) is 1. The number of sulfonamides is 1. The Bertz CT molecular complexity index is 1080. The van der Waals surface area contributed by atoms with Crippen LogP contribution in [0.5, 0.6) is 5.75 Å². The Morgan fingerprint density at radius 3 is 2.71 bits per heavy atom. The van der Waals surface area contributed by atoms with Gasteiger partial charge in [0.05, 0.1) is 56.0 Å². The molecule has 0 radical (unpaired) electrons. The molecule has 2 aromatic carbocycles. The maximum atomic E-state index is 13.6. The van der Waals surface area contributed by atoms with Gasteiger partial charge in [0.15, 0.2) is 0 Å². The number of hydrogen-bond acceptors (Lipinski definition) is 7. The van der Waals surface area contributed by atoms with Gasteiger partial charge in [-0.1, -0.05) is 24.3 Å². The van der Waals surface area contributed by atoms with E-state index in [1.165, 1.54) is 23.5 Å². The minimum atomic E-state index is -3.94. The van der Waals surface area contributed by atoms with E-state index in [2.05, 4.69) is 5.32 Å². The standard InChI is InChI=1S/C24H30N2O7S/c1-31-19-8-5-9-21(12-19)34(29,30)26-14-18(27)15-32-16-23-22(26)11-10-20(33-23)13-24(28)25-17-6-3-2-4-7-17/h2-9,12,18,20,22-23,27H,10-11,13-16H2,1H3,(H,25,28)/t18-,20-,22+,23-/m1/s1. The number of ether oxygens (including phenoxy) is 3. The molecule has 0 spiro atoms. The van der Waals surface area contributed by atoms with Crippen molar-refractivity contribution in [3.63, 3.8) is 0 Å². The van der Waals surface area contributed by atoms with Gasteiger partial charge in [-0.2, -0.15) is 4.31 Å².